The molecule has 0 bridgehead atoms. The van der Waals surface area contributed by atoms with Gasteiger partial charge in [-0.05, 0) is 18.9 Å². The predicted molar refractivity (Wildman–Crippen MR) is 100 cm³/mol. The van der Waals surface area contributed by atoms with Crippen LogP contribution < -0.4 is 4.74 Å². The van der Waals surface area contributed by atoms with Crippen molar-refractivity contribution in [2.24, 2.45) is 0 Å². The fourth-order valence-corrected chi connectivity index (χ4v) is 3.51. The molecule has 1 aromatic heterocycles. The van der Waals surface area contributed by atoms with Crippen LogP contribution in [0, 0.1) is 0 Å². The molecule has 2 heterocycles. The van der Waals surface area contributed by atoms with Crippen molar-refractivity contribution in [3.8, 4) is 17.1 Å². The Balaban J connectivity index is 1.52. The van der Waals surface area contributed by atoms with Gasteiger partial charge in [0.1, 0.15) is 11.8 Å². The van der Waals surface area contributed by atoms with E-state index in [0.29, 0.717) is 24.7 Å². The van der Waals surface area contributed by atoms with Gasteiger partial charge in [-0.3, -0.25) is 4.79 Å². The van der Waals surface area contributed by atoms with E-state index in [4.69, 9.17) is 9.26 Å². The van der Waals surface area contributed by atoms with Crippen molar-refractivity contribution in [2.75, 3.05) is 13.7 Å². The summed E-state index contributed by atoms with van der Waals surface area (Å²) in [5.41, 5.74) is 1.78. The van der Waals surface area contributed by atoms with Gasteiger partial charge >= 0.3 is 0 Å². The van der Waals surface area contributed by atoms with Crippen LogP contribution in [0.5, 0.6) is 5.75 Å². The van der Waals surface area contributed by atoms with Gasteiger partial charge in [-0.15, -0.1) is 0 Å². The minimum atomic E-state index is -0.169. The van der Waals surface area contributed by atoms with Crippen LogP contribution in [0.15, 0.2) is 59.1 Å². The summed E-state index contributed by atoms with van der Waals surface area (Å²) in [7, 11) is 1.62. The molecule has 138 valence electrons. The van der Waals surface area contributed by atoms with Crippen LogP contribution >= 0.6 is 0 Å². The third-order valence-corrected chi connectivity index (χ3v) is 4.87. The topological polar surface area (TPSA) is 68.5 Å². The van der Waals surface area contributed by atoms with Crippen molar-refractivity contribution in [3.05, 3.63) is 66.1 Å². The van der Waals surface area contributed by atoms with Gasteiger partial charge in [0.2, 0.25) is 17.6 Å². The quantitative estimate of drug-likeness (QED) is 0.692. The number of nitrogens with zero attached hydrogens (tertiary/aromatic N) is 3. The van der Waals surface area contributed by atoms with Crippen LogP contribution in [-0.4, -0.2) is 34.6 Å². The summed E-state index contributed by atoms with van der Waals surface area (Å²) in [5.74, 6) is 1.82. The second kappa shape index (κ2) is 7.61. The Bertz CT molecular complexity index is 923. The van der Waals surface area contributed by atoms with Crippen LogP contribution in [-0.2, 0) is 11.2 Å². The second-order valence-electron chi connectivity index (χ2n) is 6.56. The summed E-state index contributed by atoms with van der Waals surface area (Å²) < 4.78 is 10.9. The van der Waals surface area contributed by atoms with Crippen molar-refractivity contribution >= 4 is 5.91 Å². The van der Waals surface area contributed by atoms with Gasteiger partial charge in [-0.25, -0.2) is 0 Å². The molecule has 6 heteroatoms. The van der Waals surface area contributed by atoms with Gasteiger partial charge in [0.25, 0.3) is 0 Å². The molecule has 6 nitrogen and oxygen atoms in total. The fourth-order valence-electron chi connectivity index (χ4n) is 3.51. The Kier molecular flexibility index (Phi) is 4.87. The van der Waals surface area contributed by atoms with E-state index in [-0.39, 0.29) is 11.9 Å². The smallest absolute Gasteiger partial charge is 0.249 e. The van der Waals surface area contributed by atoms with E-state index in [1.165, 1.54) is 0 Å². The maximum atomic E-state index is 12.9. The maximum Gasteiger partial charge on any atom is 0.249 e. The summed E-state index contributed by atoms with van der Waals surface area (Å²) in [6.45, 7) is 0.696. The van der Waals surface area contributed by atoms with Crippen molar-refractivity contribution in [1.29, 1.82) is 0 Å². The predicted octanol–water partition coefficient (Wildman–Crippen LogP) is 3.65. The summed E-state index contributed by atoms with van der Waals surface area (Å²) in [6, 6.07) is 17.1. The molecule has 1 fully saturated rings. The number of aromatic nitrogens is 2. The molecular weight excluding hydrogens is 342 g/mol. The minimum absolute atomic E-state index is 0.0430. The Morgan fingerprint density at radius 2 is 1.96 bits per heavy atom. The number of ether oxygens (including phenoxy) is 1. The van der Waals surface area contributed by atoms with E-state index in [1.54, 1.807) is 7.11 Å². The maximum absolute atomic E-state index is 12.9. The van der Waals surface area contributed by atoms with Crippen LogP contribution in [0.3, 0.4) is 0 Å². The second-order valence-corrected chi connectivity index (χ2v) is 6.56. The number of hydrogen-bond donors (Lipinski definition) is 0. The monoisotopic (exact) mass is 363 g/mol. The molecule has 1 amide bonds. The van der Waals surface area contributed by atoms with E-state index in [0.717, 1.165) is 29.7 Å². The molecule has 1 atom stereocenters. The van der Waals surface area contributed by atoms with E-state index in [1.807, 2.05) is 59.5 Å². The standard InChI is InChI=1S/C21H21N3O3/c1-26-18-12-6-5-10-16(18)14-19(25)24-13-7-11-17(24)21-22-20(23-27-21)15-8-3-2-4-9-15/h2-6,8-10,12,17H,7,11,13-14H2,1H3. The molecule has 1 aliphatic heterocycles. The number of methoxy groups -OCH3 is 1. The molecule has 0 aliphatic carbocycles. The number of likely N-dealkylation sites (tertiary alicyclic amines) is 1. The third kappa shape index (κ3) is 3.56. The van der Waals surface area contributed by atoms with Crippen LogP contribution in [0.4, 0.5) is 0 Å². The lowest BCUT2D eigenvalue weighted by Crippen LogP contribution is -2.32. The number of benzene rings is 2. The van der Waals surface area contributed by atoms with Gasteiger partial charge in [-0.2, -0.15) is 4.98 Å². The van der Waals surface area contributed by atoms with E-state index in [9.17, 15) is 4.79 Å². The van der Waals surface area contributed by atoms with E-state index >= 15 is 0 Å². The Labute approximate surface area is 157 Å². The Morgan fingerprint density at radius 3 is 2.78 bits per heavy atom. The van der Waals surface area contributed by atoms with Crippen molar-refractivity contribution < 1.29 is 14.1 Å². The summed E-state index contributed by atoms with van der Waals surface area (Å²) in [5, 5.41) is 4.09. The largest absolute Gasteiger partial charge is 0.496 e. The van der Waals surface area contributed by atoms with Crippen LogP contribution in [0.2, 0.25) is 0 Å². The molecule has 2 aromatic carbocycles. The van der Waals surface area contributed by atoms with Gasteiger partial charge in [0.05, 0.1) is 13.5 Å². The first-order chi connectivity index (χ1) is 13.3. The lowest BCUT2D eigenvalue weighted by atomic mass is 10.1. The van der Waals surface area contributed by atoms with Gasteiger partial charge in [-0.1, -0.05) is 53.7 Å². The molecule has 3 aromatic rings. The summed E-state index contributed by atoms with van der Waals surface area (Å²) in [6.07, 6.45) is 2.04. The molecule has 0 saturated carbocycles. The zero-order valence-electron chi connectivity index (χ0n) is 15.2. The van der Waals surface area contributed by atoms with Gasteiger partial charge in [0, 0.05) is 17.7 Å². The Hall–Kier alpha value is -3.15. The Morgan fingerprint density at radius 1 is 1.19 bits per heavy atom. The first-order valence-corrected chi connectivity index (χ1v) is 9.06. The first kappa shape index (κ1) is 17.3. The van der Waals surface area contributed by atoms with Crippen molar-refractivity contribution in [2.45, 2.75) is 25.3 Å². The van der Waals surface area contributed by atoms with Gasteiger partial charge < -0.3 is 14.2 Å². The summed E-state index contributed by atoms with van der Waals surface area (Å²) in [4.78, 5) is 19.3. The van der Waals surface area contributed by atoms with Crippen LogP contribution in [0.25, 0.3) is 11.4 Å². The molecule has 0 N–H and O–H groups in total. The highest BCUT2D eigenvalue weighted by atomic mass is 16.5. The molecule has 0 spiro atoms. The zero-order valence-corrected chi connectivity index (χ0v) is 15.2. The molecule has 27 heavy (non-hydrogen) atoms. The molecule has 1 saturated heterocycles. The van der Waals surface area contributed by atoms with Crippen molar-refractivity contribution in [3.63, 3.8) is 0 Å². The lowest BCUT2D eigenvalue weighted by Gasteiger charge is -2.22. The number of rotatable bonds is 5. The zero-order chi connectivity index (χ0) is 18.6. The third-order valence-electron chi connectivity index (χ3n) is 4.87. The number of amides is 1. The lowest BCUT2D eigenvalue weighted by molar-refractivity contribution is -0.131. The van der Waals surface area contributed by atoms with Gasteiger partial charge in [0.15, 0.2) is 0 Å². The molecule has 1 aliphatic rings. The average molecular weight is 363 g/mol. The van der Waals surface area contributed by atoms with Crippen molar-refractivity contribution in [1.82, 2.24) is 15.0 Å². The molecule has 4 rings (SSSR count). The number of para-hydroxylation sites is 1. The molecular formula is C21H21N3O3. The average Bonchev–Trinajstić information content (AvgIpc) is 3.38. The van der Waals surface area contributed by atoms with E-state index < -0.39 is 0 Å². The molecule has 1 unspecified atom stereocenters. The van der Waals surface area contributed by atoms with Crippen LogP contribution in [0.1, 0.15) is 30.3 Å². The number of carbonyl (C=O) groups is 1. The summed E-state index contributed by atoms with van der Waals surface area (Å²) >= 11 is 0. The number of carbonyl (C=O) groups excluding carboxylic acids is 1. The number of hydrogen-bond acceptors (Lipinski definition) is 5. The fraction of sp³-hybridized carbons (Fsp3) is 0.286. The highest BCUT2D eigenvalue weighted by molar-refractivity contribution is 5.80. The highest BCUT2D eigenvalue weighted by Gasteiger charge is 2.34. The SMILES string of the molecule is COc1ccccc1CC(=O)N1CCCC1c1nc(-c2ccccc2)no1. The normalized spacial score (nSPS) is 16.5. The minimum Gasteiger partial charge on any atom is -0.496 e. The molecule has 0 radical (unpaired) electrons. The van der Waals surface area contributed by atoms with E-state index in [2.05, 4.69) is 10.1 Å². The first-order valence-electron chi connectivity index (χ1n) is 9.06. The highest BCUT2D eigenvalue weighted by Crippen LogP contribution is 2.33.